The number of nitrogens with zero attached hydrogens (tertiary/aromatic N) is 1. The van der Waals surface area contributed by atoms with Crippen molar-refractivity contribution in [3.63, 3.8) is 0 Å². The summed E-state index contributed by atoms with van der Waals surface area (Å²) in [6, 6.07) is 0. The summed E-state index contributed by atoms with van der Waals surface area (Å²) in [5.74, 6) is 0.699. The third kappa shape index (κ3) is 2.69. The van der Waals surface area contributed by atoms with Gasteiger partial charge in [-0.3, -0.25) is 0 Å². The maximum absolute atomic E-state index is 2.29. The second-order valence-corrected chi connectivity index (χ2v) is 2.17. The summed E-state index contributed by atoms with van der Waals surface area (Å²) in [6.45, 7) is 5.52. The van der Waals surface area contributed by atoms with Crippen molar-refractivity contribution in [3.05, 3.63) is 0 Å². The largest absolute Gasteiger partial charge is 0.312 e. The molecule has 0 N–H and O–H groups in total. The van der Waals surface area contributed by atoms with Gasteiger partial charge in [0.15, 0.2) is 0 Å². The molecule has 0 rings (SSSR count). The third-order valence-corrected chi connectivity index (χ3v) is 1.38. The van der Waals surface area contributed by atoms with E-state index in [4.69, 9.17) is 0 Å². The molecular formula is C5H14BN. The highest BCUT2D eigenvalue weighted by Crippen LogP contribution is 1.85. The van der Waals surface area contributed by atoms with E-state index in [1.54, 1.807) is 0 Å². The monoisotopic (exact) mass is 99.1 g/mol. The molecule has 1 nitrogen and oxygen atoms in total. The van der Waals surface area contributed by atoms with Crippen LogP contribution in [0.15, 0.2) is 0 Å². The predicted molar refractivity (Wildman–Crippen MR) is 36.3 cm³/mol. The van der Waals surface area contributed by atoms with Crippen molar-refractivity contribution in [2.75, 3.05) is 13.6 Å². The first-order chi connectivity index (χ1) is 3.18. The zero-order chi connectivity index (χ0) is 5.86. The quantitative estimate of drug-likeness (QED) is 0.437. The topological polar surface area (TPSA) is 3.24 Å². The van der Waals surface area contributed by atoms with Crippen LogP contribution in [0.3, 0.4) is 0 Å². The van der Waals surface area contributed by atoms with Crippen LogP contribution in [0.5, 0.6) is 0 Å². The molecule has 42 valence electrons. The average molecular weight is 99.0 g/mol. The second kappa shape index (κ2) is 3.08. The molecule has 0 saturated heterocycles. The van der Waals surface area contributed by atoms with E-state index in [-0.39, 0.29) is 0 Å². The summed E-state index contributed by atoms with van der Waals surface area (Å²) in [5, 5.41) is 0. The lowest BCUT2D eigenvalue weighted by Gasteiger charge is -2.17. The first-order valence-electron chi connectivity index (χ1n) is 2.88. The molecule has 0 spiro atoms. The van der Waals surface area contributed by atoms with E-state index in [1.807, 2.05) is 0 Å². The van der Waals surface area contributed by atoms with Gasteiger partial charge in [0.2, 0.25) is 0 Å². The van der Waals surface area contributed by atoms with Gasteiger partial charge in [0.25, 0.3) is 0 Å². The molecule has 1 unspecified atom stereocenters. The molecule has 0 aliphatic rings. The molecule has 0 aromatic rings. The van der Waals surface area contributed by atoms with E-state index in [2.05, 4.69) is 33.6 Å². The summed E-state index contributed by atoms with van der Waals surface area (Å²) in [4.78, 5) is 2.29. The van der Waals surface area contributed by atoms with Gasteiger partial charge in [-0.25, -0.2) is 0 Å². The first kappa shape index (κ1) is 7.02. The van der Waals surface area contributed by atoms with Crippen molar-refractivity contribution in [2.24, 2.45) is 0 Å². The van der Waals surface area contributed by atoms with Crippen LogP contribution in [-0.2, 0) is 0 Å². The van der Waals surface area contributed by atoms with Crippen molar-refractivity contribution in [1.82, 2.24) is 4.90 Å². The van der Waals surface area contributed by atoms with Crippen LogP contribution in [0.25, 0.3) is 0 Å². The van der Waals surface area contributed by atoms with Gasteiger partial charge in [-0.1, -0.05) is 13.8 Å². The zero-order valence-corrected chi connectivity index (χ0v) is 5.73. The Morgan fingerprint density at radius 1 is 1.71 bits per heavy atom. The van der Waals surface area contributed by atoms with Crippen LogP contribution >= 0.6 is 0 Å². The Morgan fingerprint density at radius 2 is 2.14 bits per heavy atom. The lowest BCUT2D eigenvalue weighted by molar-refractivity contribution is 0.340. The number of rotatable bonds is 2. The van der Waals surface area contributed by atoms with Gasteiger partial charge in [-0.2, -0.15) is 0 Å². The Kier molecular flexibility index (Phi) is 3.09. The lowest BCUT2D eigenvalue weighted by Crippen LogP contribution is -2.28. The Hall–Kier alpha value is 0.0249. The smallest absolute Gasteiger partial charge is 0.123 e. The van der Waals surface area contributed by atoms with E-state index >= 15 is 0 Å². The molecule has 7 heavy (non-hydrogen) atoms. The molecule has 0 aliphatic carbocycles. The summed E-state index contributed by atoms with van der Waals surface area (Å²) in [7, 11) is 4.33. The van der Waals surface area contributed by atoms with Gasteiger partial charge in [-0.05, 0) is 19.5 Å². The maximum Gasteiger partial charge on any atom is 0.123 e. The van der Waals surface area contributed by atoms with Gasteiger partial charge in [0.1, 0.15) is 7.85 Å². The minimum atomic E-state index is 0.699. The summed E-state index contributed by atoms with van der Waals surface area (Å²) in [5.41, 5.74) is 0. The third-order valence-electron chi connectivity index (χ3n) is 1.38. The molecule has 0 radical (unpaired) electrons. The normalized spacial score (nSPS) is 14.9. The van der Waals surface area contributed by atoms with Gasteiger partial charge >= 0.3 is 0 Å². The molecule has 2 heteroatoms. The van der Waals surface area contributed by atoms with Crippen LogP contribution in [0, 0.1) is 0 Å². The van der Waals surface area contributed by atoms with Gasteiger partial charge in [0.05, 0.1) is 0 Å². The molecular weight excluding hydrogens is 84.9 g/mol. The predicted octanol–water partition coefficient (Wildman–Crippen LogP) is -0.0828. The fourth-order valence-electron chi connectivity index (χ4n) is 0.365. The maximum atomic E-state index is 2.29. The van der Waals surface area contributed by atoms with Crippen molar-refractivity contribution in [3.8, 4) is 0 Å². The Morgan fingerprint density at radius 3 is 2.14 bits per heavy atom. The fraction of sp³-hybridized carbons (Fsp3) is 1.00. The minimum absolute atomic E-state index is 0.699. The highest BCUT2D eigenvalue weighted by molar-refractivity contribution is 6.11. The summed E-state index contributed by atoms with van der Waals surface area (Å²) >= 11 is 0. The molecule has 0 aromatic carbocycles. The fourth-order valence-corrected chi connectivity index (χ4v) is 0.365. The van der Waals surface area contributed by atoms with Crippen LogP contribution in [0.2, 0.25) is 0 Å². The molecule has 0 fully saturated rings. The van der Waals surface area contributed by atoms with Gasteiger partial charge in [0, 0.05) is 0 Å². The van der Waals surface area contributed by atoms with Gasteiger partial charge < -0.3 is 4.90 Å². The Balaban J connectivity index is 3.14. The summed E-state index contributed by atoms with van der Waals surface area (Å²) in [6.07, 6.45) is 0. The van der Waals surface area contributed by atoms with E-state index < -0.39 is 0 Å². The molecule has 0 amide bonds. The molecule has 0 aliphatic heterocycles. The van der Waals surface area contributed by atoms with Crippen molar-refractivity contribution in [1.29, 1.82) is 0 Å². The van der Waals surface area contributed by atoms with Crippen LogP contribution in [-0.4, -0.2) is 32.3 Å². The van der Waals surface area contributed by atoms with Crippen LogP contribution in [0.4, 0.5) is 0 Å². The first-order valence-corrected chi connectivity index (χ1v) is 2.88. The van der Waals surface area contributed by atoms with Crippen LogP contribution < -0.4 is 0 Å². The molecule has 0 bridgehead atoms. The van der Waals surface area contributed by atoms with E-state index in [0.717, 1.165) is 6.54 Å². The van der Waals surface area contributed by atoms with Crippen molar-refractivity contribution in [2.45, 2.75) is 19.8 Å². The Labute approximate surface area is 47.1 Å². The van der Waals surface area contributed by atoms with Crippen molar-refractivity contribution < 1.29 is 0 Å². The molecule has 0 saturated carbocycles. The molecule has 0 aromatic heterocycles. The standard InChI is InChI=1S/C5H14BN/c1-4-7(3)5(2)6/h5H,4,6H2,1-3H3. The average Bonchev–Trinajstić information content (AvgIpc) is 1.65. The number of hydrogen-bond donors (Lipinski definition) is 0. The zero-order valence-electron chi connectivity index (χ0n) is 5.73. The highest BCUT2D eigenvalue weighted by Gasteiger charge is 1.96. The van der Waals surface area contributed by atoms with E-state index in [1.165, 1.54) is 0 Å². The number of hydrogen-bond acceptors (Lipinski definition) is 1. The summed E-state index contributed by atoms with van der Waals surface area (Å²) < 4.78 is 0. The lowest BCUT2D eigenvalue weighted by atomic mass is 9.98. The van der Waals surface area contributed by atoms with E-state index in [9.17, 15) is 0 Å². The van der Waals surface area contributed by atoms with E-state index in [0.29, 0.717) is 5.94 Å². The molecule has 1 atom stereocenters. The van der Waals surface area contributed by atoms with Crippen molar-refractivity contribution >= 4 is 7.85 Å². The SMILES string of the molecule is BC(C)N(C)CC. The minimum Gasteiger partial charge on any atom is -0.312 e. The Bertz CT molecular complexity index is 45.3. The van der Waals surface area contributed by atoms with Crippen LogP contribution in [0.1, 0.15) is 13.8 Å². The molecule has 0 heterocycles. The second-order valence-electron chi connectivity index (χ2n) is 2.17. The van der Waals surface area contributed by atoms with Gasteiger partial charge in [-0.15, -0.1) is 0 Å². The highest BCUT2D eigenvalue weighted by atomic mass is 15.1.